The first-order valence-corrected chi connectivity index (χ1v) is 13.3. The van der Waals surface area contributed by atoms with E-state index in [9.17, 15) is 18.0 Å². The zero-order chi connectivity index (χ0) is 26.3. The van der Waals surface area contributed by atoms with Crippen molar-refractivity contribution in [1.82, 2.24) is 15.1 Å². The number of ether oxygens (including phenoxy) is 1. The summed E-state index contributed by atoms with van der Waals surface area (Å²) in [5.74, 6) is 0.156. The second kappa shape index (κ2) is 12.8. The van der Waals surface area contributed by atoms with Gasteiger partial charge in [-0.2, -0.15) is 13.2 Å². The highest BCUT2D eigenvalue weighted by Crippen LogP contribution is 2.32. The van der Waals surface area contributed by atoms with Crippen LogP contribution in [0.5, 0.6) is 5.75 Å². The van der Waals surface area contributed by atoms with E-state index in [2.05, 4.69) is 34.3 Å². The number of nitrogens with zero attached hydrogens (tertiary/aromatic N) is 2. The minimum Gasteiger partial charge on any atom is -0.493 e. The van der Waals surface area contributed by atoms with Crippen molar-refractivity contribution in [3.8, 4) is 5.75 Å². The lowest BCUT2D eigenvalue weighted by molar-refractivity contribution is -0.137. The van der Waals surface area contributed by atoms with Crippen molar-refractivity contribution in [2.75, 3.05) is 46.4 Å². The van der Waals surface area contributed by atoms with Crippen LogP contribution in [0.1, 0.15) is 36.8 Å². The molecule has 3 atom stereocenters. The average molecular weight is 518 g/mol. The molecule has 202 valence electrons. The molecule has 37 heavy (non-hydrogen) atoms. The van der Waals surface area contributed by atoms with E-state index in [1.807, 2.05) is 18.2 Å². The molecular weight excluding hydrogens is 479 g/mol. The standard InChI is InChI=1S/C29H38F3N3O2/c1-34-15-6-10-26(34)12-14-33-28(36)24-17-23(19-35(20-24)16-13-22-7-3-2-4-8-22)21-37-27-11-5-9-25(18-27)29(30,31)32/h2-5,7-9,11,18,23-24,26H,6,10,12-17,19-21H2,1H3,(H,33,36)/t23-,24+,26?/m0/s1. The summed E-state index contributed by atoms with van der Waals surface area (Å²) in [6, 6.07) is 15.8. The molecule has 2 aromatic rings. The van der Waals surface area contributed by atoms with Gasteiger partial charge in [0, 0.05) is 38.1 Å². The molecule has 0 aromatic heterocycles. The molecule has 0 spiro atoms. The van der Waals surface area contributed by atoms with E-state index in [1.165, 1.54) is 24.5 Å². The van der Waals surface area contributed by atoms with Crippen molar-refractivity contribution in [3.63, 3.8) is 0 Å². The van der Waals surface area contributed by atoms with Crippen LogP contribution in [-0.4, -0.2) is 68.1 Å². The number of carbonyl (C=O) groups is 1. The molecule has 0 aliphatic carbocycles. The van der Waals surface area contributed by atoms with Crippen LogP contribution in [0.25, 0.3) is 0 Å². The van der Waals surface area contributed by atoms with Crippen molar-refractivity contribution < 1.29 is 22.7 Å². The van der Waals surface area contributed by atoms with Gasteiger partial charge in [0.15, 0.2) is 0 Å². The maximum absolute atomic E-state index is 13.1. The van der Waals surface area contributed by atoms with E-state index < -0.39 is 11.7 Å². The molecule has 4 rings (SSSR count). The molecule has 2 aliphatic rings. The number of hydrogen-bond donors (Lipinski definition) is 1. The first-order chi connectivity index (χ1) is 17.8. The molecular formula is C29H38F3N3O2. The van der Waals surface area contributed by atoms with Crippen LogP contribution in [0, 0.1) is 11.8 Å². The number of hydrogen-bond acceptors (Lipinski definition) is 4. The predicted molar refractivity (Wildman–Crippen MR) is 138 cm³/mol. The van der Waals surface area contributed by atoms with E-state index in [0.29, 0.717) is 25.6 Å². The van der Waals surface area contributed by atoms with Crippen molar-refractivity contribution in [2.24, 2.45) is 11.8 Å². The van der Waals surface area contributed by atoms with Gasteiger partial charge in [-0.15, -0.1) is 0 Å². The van der Waals surface area contributed by atoms with E-state index in [4.69, 9.17) is 4.74 Å². The van der Waals surface area contributed by atoms with Crippen LogP contribution in [-0.2, 0) is 17.4 Å². The fourth-order valence-electron chi connectivity index (χ4n) is 5.55. The third-order valence-electron chi connectivity index (χ3n) is 7.64. The largest absolute Gasteiger partial charge is 0.493 e. The van der Waals surface area contributed by atoms with Crippen LogP contribution >= 0.6 is 0 Å². The summed E-state index contributed by atoms with van der Waals surface area (Å²) in [6.07, 6.45) is 0.476. The number of likely N-dealkylation sites (tertiary alicyclic amines) is 2. The highest BCUT2D eigenvalue weighted by atomic mass is 19.4. The Morgan fingerprint density at radius 1 is 1.11 bits per heavy atom. The Bertz CT molecular complexity index is 1000. The number of piperidine rings is 1. The average Bonchev–Trinajstić information content (AvgIpc) is 3.31. The molecule has 0 bridgehead atoms. The first-order valence-electron chi connectivity index (χ1n) is 13.3. The van der Waals surface area contributed by atoms with Crippen LogP contribution in [0.4, 0.5) is 13.2 Å². The van der Waals surface area contributed by atoms with Crippen molar-refractivity contribution >= 4 is 5.91 Å². The number of nitrogens with one attached hydrogen (secondary N) is 1. The first kappa shape index (κ1) is 27.5. The minimum absolute atomic E-state index is 0.0516. The fourth-order valence-corrected chi connectivity index (χ4v) is 5.55. The van der Waals surface area contributed by atoms with E-state index >= 15 is 0 Å². The molecule has 1 N–H and O–H groups in total. The summed E-state index contributed by atoms with van der Waals surface area (Å²) in [5.41, 5.74) is 0.523. The lowest BCUT2D eigenvalue weighted by Crippen LogP contribution is -2.48. The lowest BCUT2D eigenvalue weighted by atomic mass is 9.88. The summed E-state index contributed by atoms with van der Waals surface area (Å²) >= 11 is 0. The molecule has 1 unspecified atom stereocenters. The van der Waals surface area contributed by atoms with Gasteiger partial charge in [0.2, 0.25) is 5.91 Å². The highest BCUT2D eigenvalue weighted by Gasteiger charge is 2.33. The second-order valence-corrected chi connectivity index (χ2v) is 10.5. The summed E-state index contributed by atoms with van der Waals surface area (Å²) in [4.78, 5) is 17.8. The Balaban J connectivity index is 1.35. The molecule has 1 amide bonds. The molecule has 0 saturated carbocycles. The molecule has 2 saturated heterocycles. The van der Waals surface area contributed by atoms with Crippen molar-refractivity contribution in [2.45, 2.75) is 44.3 Å². The Kier molecular flexibility index (Phi) is 9.49. The van der Waals surface area contributed by atoms with Gasteiger partial charge in [0.25, 0.3) is 0 Å². The lowest BCUT2D eigenvalue weighted by Gasteiger charge is -2.37. The molecule has 2 aliphatic heterocycles. The maximum Gasteiger partial charge on any atom is 0.416 e. The van der Waals surface area contributed by atoms with Gasteiger partial charge in [-0.05, 0) is 69.5 Å². The number of halogens is 3. The van der Waals surface area contributed by atoms with Crippen LogP contribution in [0.15, 0.2) is 54.6 Å². The highest BCUT2D eigenvalue weighted by molar-refractivity contribution is 5.79. The van der Waals surface area contributed by atoms with Gasteiger partial charge in [-0.25, -0.2) is 0 Å². The number of amides is 1. The molecule has 0 radical (unpaired) electrons. The fraction of sp³-hybridized carbons (Fsp3) is 0.552. The Morgan fingerprint density at radius 3 is 2.65 bits per heavy atom. The van der Waals surface area contributed by atoms with Crippen LogP contribution < -0.4 is 10.1 Å². The van der Waals surface area contributed by atoms with Crippen molar-refractivity contribution in [1.29, 1.82) is 0 Å². The van der Waals surface area contributed by atoms with E-state index in [1.54, 1.807) is 6.07 Å². The molecule has 8 heteroatoms. The SMILES string of the molecule is CN1CCCC1CCNC(=O)[C@@H]1C[C@H](COc2cccc(C(F)(F)F)c2)CN(CCc2ccccc2)C1. The van der Waals surface area contributed by atoms with Gasteiger partial charge in [-0.3, -0.25) is 4.79 Å². The monoisotopic (exact) mass is 517 g/mol. The molecule has 2 heterocycles. The summed E-state index contributed by atoms with van der Waals surface area (Å²) in [6.45, 7) is 4.32. The Morgan fingerprint density at radius 2 is 1.92 bits per heavy atom. The van der Waals surface area contributed by atoms with E-state index in [-0.39, 0.29) is 30.1 Å². The number of benzene rings is 2. The Hall–Kier alpha value is -2.58. The zero-order valence-corrected chi connectivity index (χ0v) is 21.6. The van der Waals surface area contributed by atoms with Gasteiger partial charge < -0.3 is 19.9 Å². The number of alkyl halides is 3. The zero-order valence-electron chi connectivity index (χ0n) is 21.6. The van der Waals surface area contributed by atoms with Gasteiger partial charge in [-0.1, -0.05) is 36.4 Å². The second-order valence-electron chi connectivity index (χ2n) is 10.5. The van der Waals surface area contributed by atoms with Crippen LogP contribution in [0.2, 0.25) is 0 Å². The van der Waals surface area contributed by atoms with Crippen LogP contribution in [0.3, 0.4) is 0 Å². The summed E-state index contributed by atoms with van der Waals surface area (Å²) in [5, 5.41) is 3.15. The minimum atomic E-state index is -4.41. The summed E-state index contributed by atoms with van der Waals surface area (Å²) < 4.78 is 45.1. The van der Waals surface area contributed by atoms with Gasteiger partial charge in [0.1, 0.15) is 5.75 Å². The molecule has 5 nitrogen and oxygen atoms in total. The van der Waals surface area contributed by atoms with Crippen molar-refractivity contribution in [3.05, 3.63) is 65.7 Å². The third kappa shape index (κ3) is 8.20. The number of carbonyl (C=O) groups excluding carboxylic acids is 1. The van der Waals surface area contributed by atoms with Gasteiger partial charge >= 0.3 is 6.18 Å². The topological polar surface area (TPSA) is 44.8 Å². The smallest absolute Gasteiger partial charge is 0.416 e. The normalized spacial score (nSPS) is 23.2. The number of rotatable bonds is 10. The summed E-state index contributed by atoms with van der Waals surface area (Å²) in [7, 11) is 2.14. The predicted octanol–water partition coefficient (Wildman–Crippen LogP) is 4.87. The third-order valence-corrected chi connectivity index (χ3v) is 7.64. The van der Waals surface area contributed by atoms with E-state index in [0.717, 1.165) is 44.6 Å². The molecule has 2 fully saturated rings. The maximum atomic E-state index is 13.1. The molecule has 2 aromatic carbocycles. The Labute approximate surface area is 218 Å². The quantitative estimate of drug-likeness (QED) is 0.489. The van der Waals surface area contributed by atoms with Gasteiger partial charge in [0.05, 0.1) is 18.1 Å².